The molecule has 0 aliphatic carbocycles. The number of hydrogen-bond donors (Lipinski definition) is 1. The highest BCUT2D eigenvalue weighted by molar-refractivity contribution is 6.31. The average Bonchev–Trinajstić information content (AvgIpc) is 2.48. The van der Waals surface area contributed by atoms with Crippen LogP contribution < -0.4 is 5.32 Å². The maximum atomic E-state index is 6.33. The zero-order valence-electron chi connectivity index (χ0n) is 13.0. The standard InChI is InChI=1S/C18H23ClN2/c1-4-8-21-18(16-7-9-20-12-17(16)19)11-15-10-13(2)5-6-14(15)3/h5-7,9-10,12,18,21H,4,8,11H2,1-3H3. The van der Waals surface area contributed by atoms with Gasteiger partial charge in [-0.1, -0.05) is 42.3 Å². The summed E-state index contributed by atoms with van der Waals surface area (Å²) < 4.78 is 0. The Morgan fingerprint density at radius 3 is 2.76 bits per heavy atom. The van der Waals surface area contributed by atoms with E-state index in [2.05, 4.69) is 49.3 Å². The number of aryl methyl sites for hydroxylation is 2. The Morgan fingerprint density at radius 1 is 1.24 bits per heavy atom. The van der Waals surface area contributed by atoms with Crippen LogP contribution in [-0.4, -0.2) is 11.5 Å². The van der Waals surface area contributed by atoms with Gasteiger partial charge >= 0.3 is 0 Å². The first-order chi connectivity index (χ1) is 10.1. The second kappa shape index (κ2) is 7.58. The van der Waals surface area contributed by atoms with Crippen molar-refractivity contribution >= 4 is 11.6 Å². The molecule has 3 heteroatoms. The minimum Gasteiger partial charge on any atom is -0.310 e. The molecule has 1 heterocycles. The van der Waals surface area contributed by atoms with Crippen molar-refractivity contribution in [3.63, 3.8) is 0 Å². The van der Waals surface area contributed by atoms with Gasteiger partial charge in [0.2, 0.25) is 0 Å². The molecule has 2 aromatic rings. The molecule has 0 fully saturated rings. The summed E-state index contributed by atoms with van der Waals surface area (Å²) in [6.45, 7) is 7.46. The van der Waals surface area contributed by atoms with Crippen LogP contribution >= 0.6 is 11.6 Å². The summed E-state index contributed by atoms with van der Waals surface area (Å²) in [4.78, 5) is 4.09. The smallest absolute Gasteiger partial charge is 0.0637 e. The minimum atomic E-state index is 0.223. The summed E-state index contributed by atoms with van der Waals surface area (Å²) in [5.74, 6) is 0. The van der Waals surface area contributed by atoms with Crippen molar-refractivity contribution in [1.82, 2.24) is 10.3 Å². The molecule has 0 radical (unpaired) electrons. The molecule has 1 aromatic heterocycles. The first-order valence-electron chi connectivity index (χ1n) is 7.50. The lowest BCUT2D eigenvalue weighted by Gasteiger charge is -2.21. The second-order valence-electron chi connectivity index (χ2n) is 5.54. The Labute approximate surface area is 132 Å². The largest absolute Gasteiger partial charge is 0.310 e. The number of halogens is 1. The van der Waals surface area contributed by atoms with Crippen LogP contribution in [-0.2, 0) is 6.42 Å². The fourth-order valence-electron chi connectivity index (χ4n) is 2.52. The van der Waals surface area contributed by atoms with E-state index in [-0.39, 0.29) is 6.04 Å². The molecular formula is C18H23ClN2. The number of aromatic nitrogens is 1. The zero-order chi connectivity index (χ0) is 15.2. The number of pyridine rings is 1. The highest BCUT2D eigenvalue weighted by Gasteiger charge is 2.15. The third kappa shape index (κ3) is 4.29. The van der Waals surface area contributed by atoms with Gasteiger partial charge in [0.15, 0.2) is 0 Å². The summed E-state index contributed by atoms with van der Waals surface area (Å²) in [5.41, 5.74) is 5.12. The van der Waals surface area contributed by atoms with Crippen LogP contribution in [0.5, 0.6) is 0 Å². The Balaban J connectivity index is 2.28. The normalized spacial score (nSPS) is 12.4. The molecule has 1 aromatic carbocycles. The Bertz CT molecular complexity index is 596. The van der Waals surface area contributed by atoms with Crippen molar-refractivity contribution in [2.45, 2.75) is 39.7 Å². The molecule has 0 aliphatic rings. The van der Waals surface area contributed by atoms with E-state index in [1.54, 1.807) is 6.20 Å². The van der Waals surface area contributed by atoms with E-state index in [0.717, 1.165) is 30.0 Å². The van der Waals surface area contributed by atoms with Crippen LogP contribution in [0.3, 0.4) is 0 Å². The van der Waals surface area contributed by atoms with E-state index >= 15 is 0 Å². The lowest BCUT2D eigenvalue weighted by Crippen LogP contribution is -2.24. The highest BCUT2D eigenvalue weighted by Crippen LogP contribution is 2.26. The molecule has 1 unspecified atom stereocenters. The predicted octanol–water partition coefficient (Wildman–Crippen LogP) is 4.64. The highest BCUT2D eigenvalue weighted by atomic mass is 35.5. The van der Waals surface area contributed by atoms with Gasteiger partial charge in [0.05, 0.1) is 5.02 Å². The predicted molar refractivity (Wildman–Crippen MR) is 89.9 cm³/mol. The molecule has 0 saturated heterocycles. The third-order valence-corrected chi connectivity index (χ3v) is 4.06. The monoisotopic (exact) mass is 302 g/mol. The van der Waals surface area contributed by atoms with Gasteiger partial charge in [-0.05, 0) is 56.0 Å². The molecule has 2 rings (SSSR count). The number of rotatable bonds is 6. The van der Waals surface area contributed by atoms with E-state index in [4.69, 9.17) is 11.6 Å². The van der Waals surface area contributed by atoms with Crippen molar-refractivity contribution in [2.75, 3.05) is 6.54 Å². The van der Waals surface area contributed by atoms with Gasteiger partial charge in [-0.15, -0.1) is 0 Å². The van der Waals surface area contributed by atoms with Crippen molar-refractivity contribution < 1.29 is 0 Å². The van der Waals surface area contributed by atoms with Gasteiger partial charge in [-0.2, -0.15) is 0 Å². The van der Waals surface area contributed by atoms with Crippen molar-refractivity contribution in [3.8, 4) is 0 Å². The van der Waals surface area contributed by atoms with Crippen LogP contribution in [0.4, 0.5) is 0 Å². The molecule has 0 bridgehead atoms. The summed E-state index contributed by atoms with van der Waals surface area (Å²) in [5, 5.41) is 4.34. The van der Waals surface area contributed by atoms with Crippen molar-refractivity contribution in [1.29, 1.82) is 0 Å². The van der Waals surface area contributed by atoms with Crippen LogP contribution in [0.15, 0.2) is 36.7 Å². The Morgan fingerprint density at radius 2 is 2.05 bits per heavy atom. The van der Waals surface area contributed by atoms with Gasteiger partial charge in [0.1, 0.15) is 0 Å². The summed E-state index contributed by atoms with van der Waals surface area (Å²) in [7, 11) is 0. The lowest BCUT2D eigenvalue weighted by molar-refractivity contribution is 0.528. The van der Waals surface area contributed by atoms with Gasteiger partial charge < -0.3 is 5.32 Å². The third-order valence-electron chi connectivity index (χ3n) is 3.75. The van der Waals surface area contributed by atoms with Crippen LogP contribution in [0.1, 0.15) is 41.6 Å². The number of benzene rings is 1. The molecule has 0 aliphatic heterocycles. The molecular weight excluding hydrogens is 280 g/mol. The Kier molecular flexibility index (Phi) is 5.77. The average molecular weight is 303 g/mol. The first kappa shape index (κ1) is 16.0. The van der Waals surface area contributed by atoms with E-state index < -0.39 is 0 Å². The lowest BCUT2D eigenvalue weighted by atomic mass is 9.95. The van der Waals surface area contributed by atoms with Gasteiger partial charge in [-0.25, -0.2) is 0 Å². The molecule has 2 nitrogen and oxygen atoms in total. The van der Waals surface area contributed by atoms with Gasteiger partial charge in [0, 0.05) is 18.4 Å². The molecule has 0 amide bonds. The van der Waals surface area contributed by atoms with Crippen LogP contribution in [0.25, 0.3) is 0 Å². The molecule has 0 spiro atoms. The van der Waals surface area contributed by atoms with E-state index in [9.17, 15) is 0 Å². The van der Waals surface area contributed by atoms with E-state index in [1.807, 2.05) is 12.3 Å². The molecule has 21 heavy (non-hydrogen) atoms. The minimum absolute atomic E-state index is 0.223. The summed E-state index contributed by atoms with van der Waals surface area (Å²) in [6, 6.07) is 8.86. The number of nitrogens with zero attached hydrogens (tertiary/aromatic N) is 1. The molecule has 1 atom stereocenters. The van der Waals surface area contributed by atoms with E-state index in [0.29, 0.717) is 0 Å². The first-order valence-corrected chi connectivity index (χ1v) is 7.88. The van der Waals surface area contributed by atoms with Gasteiger partial charge in [-0.3, -0.25) is 4.98 Å². The SMILES string of the molecule is CCCNC(Cc1cc(C)ccc1C)c1ccncc1Cl. The maximum absolute atomic E-state index is 6.33. The quantitative estimate of drug-likeness (QED) is 0.841. The number of nitrogens with one attached hydrogen (secondary N) is 1. The number of hydrogen-bond acceptors (Lipinski definition) is 2. The second-order valence-corrected chi connectivity index (χ2v) is 5.95. The topological polar surface area (TPSA) is 24.9 Å². The molecule has 1 N–H and O–H groups in total. The zero-order valence-corrected chi connectivity index (χ0v) is 13.7. The Hall–Kier alpha value is -1.38. The molecule has 0 saturated carbocycles. The fourth-order valence-corrected chi connectivity index (χ4v) is 2.77. The summed E-state index contributed by atoms with van der Waals surface area (Å²) in [6.07, 6.45) is 5.58. The van der Waals surface area contributed by atoms with Crippen LogP contribution in [0, 0.1) is 13.8 Å². The molecule has 112 valence electrons. The van der Waals surface area contributed by atoms with Crippen molar-refractivity contribution in [2.24, 2.45) is 0 Å². The summed E-state index contributed by atoms with van der Waals surface area (Å²) >= 11 is 6.33. The van der Waals surface area contributed by atoms with Crippen LogP contribution in [0.2, 0.25) is 5.02 Å². The fraction of sp³-hybridized carbons (Fsp3) is 0.389. The maximum Gasteiger partial charge on any atom is 0.0637 e. The van der Waals surface area contributed by atoms with E-state index in [1.165, 1.54) is 16.7 Å². The van der Waals surface area contributed by atoms with Gasteiger partial charge in [0.25, 0.3) is 0 Å². The van der Waals surface area contributed by atoms with Crippen molar-refractivity contribution in [3.05, 3.63) is 63.9 Å².